The highest BCUT2D eigenvalue weighted by molar-refractivity contribution is 5.45. The third kappa shape index (κ3) is 2.63. The van der Waals surface area contributed by atoms with Crippen LogP contribution in [0.15, 0.2) is 18.3 Å². The minimum Gasteiger partial charge on any atom is -0.352 e. The quantitative estimate of drug-likeness (QED) is 0.901. The molecule has 0 spiro atoms. The van der Waals surface area contributed by atoms with E-state index in [1.54, 1.807) is 4.52 Å². The van der Waals surface area contributed by atoms with E-state index >= 15 is 0 Å². The highest BCUT2D eigenvalue weighted by Gasteiger charge is 2.22. The van der Waals surface area contributed by atoms with Gasteiger partial charge in [-0.25, -0.2) is 4.52 Å². The zero-order valence-electron chi connectivity index (χ0n) is 11.9. The maximum absolute atomic E-state index is 4.48. The van der Waals surface area contributed by atoms with Gasteiger partial charge in [-0.15, -0.1) is 5.10 Å². The summed E-state index contributed by atoms with van der Waals surface area (Å²) in [6, 6.07) is 4.06. The van der Waals surface area contributed by atoms with Crippen LogP contribution in [-0.4, -0.2) is 21.1 Å². The van der Waals surface area contributed by atoms with Gasteiger partial charge in [-0.1, -0.05) is 27.7 Å². The predicted molar refractivity (Wildman–Crippen MR) is 74.8 cm³/mol. The summed E-state index contributed by atoms with van der Waals surface area (Å²) in [6.07, 6.45) is 1.94. The molecule has 0 aliphatic rings. The van der Waals surface area contributed by atoms with Gasteiger partial charge in [-0.3, -0.25) is 0 Å². The van der Waals surface area contributed by atoms with Gasteiger partial charge in [0, 0.05) is 12.7 Å². The molecule has 2 aromatic rings. The number of hydrogen-bond donors (Lipinski definition) is 1. The summed E-state index contributed by atoms with van der Waals surface area (Å²) >= 11 is 0. The van der Waals surface area contributed by atoms with Crippen LogP contribution < -0.4 is 5.32 Å². The lowest BCUT2D eigenvalue weighted by atomic mass is 9.81. The second-order valence-corrected chi connectivity index (χ2v) is 5.94. The van der Waals surface area contributed by atoms with Crippen LogP contribution in [0.1, 0.15) is 33.3 Å². The number of fused-ring (bicyclic) bond motifs is 1. The first-order valence-electron chi connectivity index (χ1n) is 6.45. The van der Waals surface area contributed by atoms with E-state index in [1.165, 1.54) is 5.56 Å². The second kappa shape index (κ2) is 4.59. The van der Waals surface area contributed by atoms with Crippen LogP contribution in [0.2, 0.25) is 0 Å². The Morgan fingerprint density at radius 1 is 1.39 bits per heavy atom. The smallest absolute Gasteiger partial charge is 0.243 e. The molecule has 0 amide bonds. The summed E-state index contributed by atoms with van der Waals surface area (Å²) in [5.41, 5.74) is 2.32. The summed E-state index contributed by atoms with van der Waals surface area (Å²) < 4.78 is 1.80. The van der Waals surface area contributed by atoms with Crippen LogP contribution in [0.3, 0.4) is 0 Å². The molecule has 0 bridgehead atoms. The fraction of sp³-hybridized carbons (Fsp3) is 0.571. The first kappa shape index (κ1) is 12.9. The van der Waals surface area contributed by atoms with Gasteiger partial charge in [0.1, 0.15) is 0 Å². The van der Waals surface area contributed by atoms with Crippen molar-refractivity contribution in [1.82, 2.24) is 14.6 Å². The van der Waals surface area contributed by atoms with E-state index in [0.717, 1.165) is 12.2 Å². The van der Waals surface area contributed by atoms with Crippen molar-refractivity contribution in [3.8, 4) is 0 Å². The lowest BCUT2D eigenvalue weighted by Crippen LogP contribution is -2.28. The molecule has 0 atom stereocenters. The fourth-order valence-electron chi connectivity index (χ4n) is 1.57. The molecule has 0 aliphatic carbocycles. The summed E-state index contributed by atoms with van der Waals surface area (Å²) in [7, 11) is 0. The SMILES string of the molecule is Cc1ccn2nc(NCC(C)(C)C(C)C)nc2c1. The summed E-state index contributed by atoms with van der Waals surface area (Å²) in [5.74, 6) is 1.32. The van der Waals surface area contributed by atoms with E-state index in [4.69, 9.17) is 0 Å². The summed E-state index contributed by atoms with van der Waals surface area (Å²) in [5, 5.41) is 7.74. The van der Waals surface area contributed by atoms with Crippen molar-refractivity contribution in [2.45, 2.75) is 34.6 Å². The number of nitrogens with one attached hydrogen (secondary N) is 1. The number of hydrogen-bond acceptors (Lipinski definition) is 3. The summed E-state index contributed by atoms with van der Waals surface area (Å²) in [6.45, 7) is 11.9. The van der Waals surface area contributed by atoms with Crippen molar-refractivity contribution in [3.05, 3.63) is 23.9 Å². The topological polar surface area (TPSA) is 42.2 Å². The van der Waals surface area contributed by atoms with Crippen LogP contribution in [0.4, 0.5) is 5.95 Å². The molecule has 18 heavy (non-hydrogen) atoms. The molecule has 2 aromatic heterocycles. The Labute approximate surface area is 108 Å². The van der Waals surface area contributed by atoms with E-state index in [9.17, 15) is 0 Å². The van der Waals surface area contributed by atoms with Crippen LogP contribution >= 0.6 is 0 Å². The van der Waals surface area contributed by atoms with E-state index in [1.807, 2.05) is 18.3 Å². The first-order chi connectivity index (χ1) is 8.38. The molecule has 1 N–H and O–H groups in total. The average Bonchev–Trinajstić information content (AvgIpc) is 2.68. The van der Waals surface area contributed by atoms with Gasteiger partial charge >= 0.3 is 0 Å². The zero-order valence-corrected chi connectivity index (χ0v) is 11.9. The van der Waals surface area contributed by atoms with Crippen molar-refractivity contribution in [2.24, 2.45) is 11.3 Å². The molecule has 0 saturated carbocycles. The molecule has 2 rings (SSSR count). The van der Waals surface area contributed by atoms with E-state index in [2.05, 4.69) is 50.0 Å². The zero-order chi connectivity index (χ0) is 13.3. The van der Waals surface area contributed by atoms with E-state index in [-0.39, 0.29) is 5.41 Å². The molecule has 4 nitrogen and oxygen atoms in total. The van der Waals surface area contributed by atoms with Crippen molar-refractivity contribution in [2.75, 3.05) is 11.9 Å². The number of nitrogens with zero attached hydrogens (tertiary/aromatic N) is 3. The normalized spacial score (nSPS) is 12.3. The van der Waals surface area contributed by atoms with Gasteiger partial charge in [-0.05, 0) is 36.0 Å². The molecule has 0 aromatic carbocycles. The van der Waals surface area contributed by atoms with Crippen molar-refractivity contribution >= 4 is 11.6 Å². The lowest BCUT2D eigenvalue weighted by molar-refractivity contribution is 0.269. The number of aryl methyl sites for hydroxylation is 1. The van der Waals surface area contributed by atoms with Gasteiger partial charge in [0.15, 0.2) is 5.65 Å². The predicted octanol–water partition coefficient (Wildman–Crippen LogP) is 3.13. The third-order valence-corrected chi connectivity index (χ3v) is 3.76. The minimum absolute atomic E-state index is 0.230. The Hall–Kier alpha value is -1.58. The maximum Gasteiger partial charge on any atom is 0.243 e. The van der Waals surface area contributed by atoms with Crippen LogP contribution in [0.25, 0.3) is 5.65 Å². The van der Waals surface area contributed by atoms with Gasteiger partial charge < -0.3 is 5.32 Å². The molecular weight excluding hydrogens is 224 g/mol. The Bertz CT molecular complexity index is 540. The Morgan fingerprint density at radius 3 is 2.78 bits per heavy atom. The largest absolute Gasteiger partial charge is 0.352 e. The lowest BCUT2D eigenvalue weighted by Gasteiger charge is -2.28. The molecule has 2 heterocycles. The minimum atomic E-state index is 0.230. The third-order valence-electron chi connectivity index (χ3n) is 3.76. The number of pyridine rings is 1. The van der Waals surface area contributed by atoms with Gasteiger partial charge in [0.05, 0.1) is 0 Å². The van der Waals surface area contributed by atoms with Gasteiger partial charge in [0.2, 0.25) is 5.95 Å². The molecule has 0 saturated heterocycles. The van der Waals surface area contributed by atoms with Crippen molar-refractivity contribution < 1.29 is 0 Å². The van der Waals surface area contributed by atoms with Crippen LogP contribution in [0, 0.1) is 18.3 Å². The van der Waals surface area contributed by atoms with Crippen molar-refractivity contribution in [1.29, 1.82) is 0 Å². The highest BCUT2D eigenvalue weighted by Crippen LogP contribution is 2.25. The highest BCUT2D eigenvalue weighted by atomic mass is 15.3. The van der Waals surface area contributed by atoms with Gasteiger partial charge in [-0.2, -0.15) is 4.98 Å². The number of rotatable bonds is 4. The molecule has 98 valence electrons. The monoisotopic (exact) mass is 246 g/mol. The Kier molecular flexibility index (Phi) is 3.28. The standard InChI is InChI=1S/C14H22N4/c1-10(2)14(4,5)9-15-13-16-12-8-11(3)6-7-18(12)17-13/h6-8,10H,9H2,1-5H3,(H,15,17). The van der Waals surface area contributed by atoms with Crippen LogP contribution in [-0.2, 0) is 0 Å². The number of anilines is 1. The maximum atomic E-state index is 4.48. The first-order valence-corrected chi connectivity index (χ1v) is 6.45. The molecule has 0 unspecified atom stereocenters. The fourth-order valence-corrected chi connectivity index (χ4v) is 1.57. The van der Waals surface area contributed by atoms with Crippen molar-refractivity contribution in [3.63, 3.8) is 0 Å². The molecular formula is C14H22N4. The van der Waals surface area contributed by atoms with Gasteiger partial charge in [0.25, 0.3) is 0 Å². The molecule has 0 fully saturated rings. The summed E-state index contributed by atoms with van der Waals surface area (Å²) in [4.78, 5) is 4.48. The second-order valence-electron chi connectivity index (χ2n) is 5.94. The molecule has 4 heteroatoms. The van der Waals surface area contributed by atoms with E-state index in [0.29, 0.717) is 11.9 Å². The Morgan fingerprint density at radius 2 is 2.11 bits per heavy atom. The molecule has 0 aliphatic heterocycles. The number of aromatic nitrogens is 3. The average molecular weight is 246 g/mol. The van der Waals surface area contributed by atoms with E-state index < -0.39 is 0 Å². The Balaban J connectivity index is 2.13. The van der Waals surface area contributed by atoms with Crippen LogP contribution in [0.5, 0.6) is 0 Å². The molecule has 0 radical (unpaired) electrons.